The lowest BCUT2D eigenvalue weighted by atomic mass is 9.50. The Hall–Kier alpha value is -1.88. The number of hydrogen-bond acceptors (Lipinski definition) is 5. The maximum absolute atomic E-state index is 11.9. The second-order valence-corrected chi connectivity index (χ2v) is 10.8. The first-order valence-corrected chi connectivity index (χ1v) is 12.1. The molecule has 1 heterocycles. The standard InChI is InChI=1S/C27H40O5/c1-17(2)9-7-14-27(6)18(3)11-12-21-22(27)10-8-13-26(21,5)16-23(31-19(4)28)20-15-24(29)32-25(20)30/h10,15,18,21,23,25,30H,1,7-9,11-14,16H2,2-6H3/t18-,21+,23+,25?,26-,27+/m1/s1. The van der Waals surface area contributed by atoms with Crippen LogP contribution >= 0.6 is 0 Å². The maximum atomic E-state index is 11.9. The van der Waals surface area contributed by atoms with Crippen LogP contribution in [0.15, 0.2) is 35.5 Å². The fourth-order valence-corrected chi connectivity index (χ4v) is 6.32. The highest BCUT2D eigenvalue weighted by atomic mass is 16.6. The monoisotopic (exact) mass is 444 g/mol. The normalized spacial score (nSPS) is 35.3. The van der Waals surface area contributed by atoms with E-state index in [9.17, 15) is 14.7 Å². The Kier molecular flexibility index (Phi) is 7.38. The first-order chi connectivity index (χ1) is 15.0. The summed E-state index contributed by atoms with van der Waals surface area (Å²) in [6.45, 7) is 14.6. The average Bonchev–Trinajstić information content (AvgIpc) is 3.02. The summed E-state index contributed by atoms with van der Waals surface area (Å²) in [7, 11) is 0. The van der Waals surface area contributed by atoms with Crippen LogP contribution in [-0.2, 0) is 19.1 Å². The molecule has 1 aliphatic heterocycles. The van der Waals surface area contributed by atoms with Crippen molar-refractivity contribution in [2.45, 2.75) is 98.4 Å². The number of cyclic esters (lactones) is 1. The van der Waals surface area contributed by atoms with Gasteiger partial charge in [-0.25, -0.2) is 4.79 Å². The van der Waals surface area contributed by atoms with Crippen LogP contribution in [0, 0.1) is 22.7 Å². The van der Waals surface area contributed by atoms with Crippen LogP contribution in [0.4, 0.5) is 0 Å². The predicted molar refractivity (Wildman–Crippen MR) is 124 cm³/mol. The molecule has 3 rings (SSSR count). The summed E-state index contributed by atoms with van der Waals surface area (Å²) < 4.78 is 10.5. The Morgan fingerprint density at radius 2 is 2.06 bits per heavy atom. The zero-order valence-electron chi connectivity index (χ0n) is 20.4. The Morgan fingerprint density at radius 3 is 2.66 bits per heavy atom. The smallest absolute Gasteiger partial charge is 0.333 e. The lowest BCUT2D eigenvalue weighted by Gasteiger charge is -2.54. The number of rotatable bonds is 8. The van der Waals surface area contributed by atoms with Crippen molar-refractivity contribution in [1.29, 1.82) is 0 Å². The summed E-state index contributed by atoms with van der Waals surface area (Å²) >= 11 is 0. The molecule has 1 unspecified atom stereocenters. The van der Waals surface area contributed by atoms with Gasteiger partial charge in [0.2, 0.25) is 6.29 Å². The molecule has 0 amide bonds. The van der Waals surface area contributed by atoms with Gasteiger partial charge in [-0.2, -0.15) is 0 Å². The predicted octanol–water partition coefficient (Wildman–Crippen LogP) is 5.64. The molecule has 1 N–H and O–H groups in total. The Labute approximate surface area is 192 Å². The molecule has 0 spiro atoms. The minimum absolute atomic E-state index is 0.0911. The maximum Gasteiger partial charge on any atom is 0.333 e. The molecule has 0 aromatic rings. The van der Waals surface area contributed by atoms with Gasteiger partial charge in [-0.1, -0.05) is 38.0 Å². The molecule has 5 nitrogen and oxygen atoms in total. The van der Waals surface area contributed by atoms with Gasteiger partial charge in [0, 0.05) is 18.6 Å². The second-order valence-electron chi connectivity index (χ2n) is 10.8. The number of aliphatic hydroxyl groups is 1. The van der Waals surface area contributed by atoms with Gasteiger partial charge in [-0.05, 0) is 81.0 Å². The zero-order valence-corrected chi connectivity index (χ0v) is 20.4. The molecule has 32 heavy (non-hydrogen) atoms. The molecule has 0 radical (unpaired) electrons. The number of ether oxygens (including phenoxy) is 2. The van der Waals surface area contributed by atoms with Gasteiger partial charge in [0.1, 0.15) is 6.10 Å². The van der Waals surface area contributed by atoms with E-state index in [2.05, 4.69) is 40.3 Å². The van der Waals surface area contributed by atoms with Crippen molar-refractivity contribution in [2.75, 3.05) is 0 Å². The number of fused-ring (bicyclic) bond motifs is 1. The van der Waals surface area contributed by atoms with Gasteiger partial charge in [-0.3, -0.25) is 4.79 Å². The van der Waals surface area contributed by atoms with E-state index in [4.69, 9.17) is 9.47 Å². The Morgan fingerprint density at radius 1 is 1.34 bits per heavy atom. The molecule has 0 saturated heterocycles. The van der Waals surface area contributed by atoms with Crippen LogP contribution in [-0.4, -0.2) is 29.4 Å². The minimum Gasteiger partial charge on any atom is -0.458 e. The lowest BCUT2D eigenvalue weighted by molar-refractivity contribution is -0.154. The minimum atomic E-state index is -1.34. The van der Waals surface area contributed by atoms with Crippen molar-refractivity contribution in [3.8, 4) is 0 Å². The summed E-state index contributed by atoms with van der Waals surface area (Å²) in [6, 6.07) is 0. The van der Waals surface area contributed by atoms with Crippen molar-refractivity contribution < 1.29 is 24.2 Å². The molecule has 6 atom stereocenters. The number of carbonyl (C=O) groups is 2. The van der Waals surface area contributed by atoms with Crippen LogP contribution in [0.5, 0.6) is 0 Å². The van der Waals surface area contributed by atoms with Gasteiger partial charge < -0.3 is 14.6 Å². The van der Waals surface area contributed by atoms with E-state index in [1.807, 2.05) is 0 Å². The molecule has 1 saturated carbocycles. The molecule has 1 fully saturated rings. The van der Waals surface area contributed by atoms with Crippen LogP contribution in [0.2, 0.25) is 0 Å². The number of allylic oxidation sites excluding steroid dienone is 3. The number of aliphatic hydroxyl groups excluding tert-OH is 1. The molecule has 0 aromatic heterocycles. The average molecular weight is 445 g/mol. The lowest BCUT2D eigenvalue weighted by Crippen LogP contribution is -2.46. The summed E-state index contributed by atoms with van der Waals surface area (Å²) in [4.78, 5) is 23.6. The number of esters is 2. The van der Waals surface area contributed by atoms with Crippen LogP contribution in [0.25, 0.3) is 0 Å². The molecular weight excluding hydrogens is 404 g/mol. The molecule has 5 heteroatoms. The third kappa shape index (κ3) is 5.03. The molecule has 3 aliphatic rings. The van der Waals surface area contributed by atoms with Gasteiger partial charge in [0.25, 0.3) is 0 Å². The van der Waals surface area contributed by atoms with Crippen molar-refractivity contribution in [3.05, 3.63) is 35.5 Å². The molecule has 2 aliphatic carbocycles. The topological polar surface area (TPSA) is 72.8 Å². The first kappa shape index (κ1) is 24.8. The van der Waals surface area contributed by atoms with E-state index in [-0.39, 0.29) is 10.8 Å². The van der Waals surface area contributed by atoms with Gasteiger partial charge >= 0.3 is 11.9 Å². The van der Waals surface area contributed by atoms with E-state index in [1.54, 1.807) is 5.57 Å². The van der Waals surface area contributed by atoms with Crippen LogP contribution < -0.4 is 0 Å². The largest absolute Gasteiger partial charge is 0.458 e. The molecule has 0 aromatic carbocycles. The highest BCUT2D eigenvalue weighted by Gasteiger charge is 2.50. The number of carbonyl (C=O) groups excluding carboxylic acids is 2. The Balaban J connectivity index is 1.86. The van der Waals surface area contributed by atoms with E-state index in [1.165, 1.54) is 25.0 Å². The second kappa shape index (κ2) is 9.54. The van der Waals surface area contributed by atoms with Gasteiger partial charge in [-0.15, -0.1) is 6.58 Å². The molecule has 0 bridgehead atoms. The quantitative estimate of drug-likeness (QED) is 0.388. The van der Waals surface area contributed by atoms with Crippen molar-refractivity contribution >= 4 is 11.9 Å². The van der Waals surface area contributed by atoms with Crippen LogP contribution in [0.1, 0.15) is 86.0 Å². The van der Waals surface area contributed by atoms with Crippen molar-refractivity contribution in [1.82, 2.24) is 0 Å². The third-order valence-electron chi connectivity index (χ3n) is 8.36. The number of hydrogen-bond donors (Lipinski definition) is 1. The van der Waals surface area contributed by atoms with Crippen LogP contribution in [0.3, 0.4) is 0 Å². The highest BCUT2D eigenvalue weighted by molar-refractivity contribution is 5.86. The van der Waals surface area contributed by atoms with E-state index in [0.29, 0.717) is 23.8 Å². The highest BCUT2D eigenvalue weighted by Crippen LogP contribution is 2.59. The summed E-state index contributed by atoms with van der Waals surface area (Å²) in [5, 5.41) is 10.2. The zero-order chi connectivity index (χ0) is 23.7. The van der Waals surface area contributed by atoms with E-state index >= 15 is 0 Å². The van der Waals surface area contributed by atoms with Crippen molar-refractivity contribution in [3.63, 3.8) is 0 Å². The SMILES string of the molecule is C=C(C)CCC[C@]1(C)C2=CCC[C@](C)(C[C@H](OC(C)=O)C3=CC(=O)OC3O)[C@H]2CC[C@H]1C. The summed E-state index contributed by atoms with van der Waals surface area (Å²) in [5.41, 5.74) is 3.21. The van der Waals surface area contributed by atoms with Gasteiger partial charge in [0.15, 0.2) is 0 Å². The Bertz CT molecular complexity index is 824. The molecule has 178 valence electrons. The summed E-state index contributed by atoms with van der Waals surface area (Å²) in [6.07, 6.45) is 9.96. The van der Waals surface area contributed by atoms with Gasteiger partial charge in [0.05, 0.1) is 0 Å². The van der Waals surface area contributed by atoms with E-state index < -0.39 is 24.3 Å². The third-order valence-corrected chi connectivity index (χ3v) is 8.36. The fraction of sp³-hybridized carbons (Fsp3) is 0.704. The summed E-state index contributed by atoms with van der Waals surface area (Å²) in [5.74, 6) is 0.0124. The van der Waals surface area contributed by atoms with Crippen molar-refractivity contribution in [2.24, 2.45) is 22.7 Å². The molecular formula is C27H40O5. The fourth-order valence-electron chi connectivity index (χ4n) is 6.32. The first-order valence-electron chi connectivity index (χ1n) is 12.1. The van der Waals surface area contributed by atoms with E-state index in [0.717, 1.165) is 38.5 Å².